The third-order valence-corrected chi connectivity index (χ3v) is 3.58. The van der Waals surface area contributed by atoms with Gasteiger partial charge in [-0.3, -0.25) is 4.98 Å². The first kappa shape index (κ1) is 10.6. The Morgan fingerprint density at radius 3 is 2.87 bits per heavy atom. The summed E-state index contributed by atoms with van der Waals surface area (Å²) in [6.45, 7) is 4.31. The molecule has 2 heteroatoms. The van der Waals surface area contributed by atoms with Gasteiger partial charge in [0.1, 0.15) is 0 Å². The Bertz CT molecular complexity index is 337. The molecule has 0 radical (unpaired) electrons. The van der Waals surface area contributed by atoms with E-state index in [1.165, 1.54) is 6.42 Å². The second-order valence-corrected chi connectivity index (χ2v) is 4.86. The fourth-order valence-corrected chi connectivity index (χ4v) is 2.58. The Labute approximate surface area is 91.4 Å². The quantitative estimate of drug-likeness (QED) is 0.805. The molecule has 15 heavy (non-hydrogen) atoms. The van der Waals surface area contributed by atoms with E-state index in [-0.39, 0.29) is 6.10 Å². The number of aliphatic hydroxyl groups excluding tert-OH is 1. The third kappa shape index (κ3) is 2.20. The minimum atomic E-state index is -0.316. The van der Waals surface area contributed by atoms with Gasteiger partial charge in [0.15, 0.2) is 0 Å². The molecule has 0 bridgehead atoms. The summed E-state index contributed by atoms with van der Waals surface area (Å²) in [4.78, 5) is 4.10. The number of hydrogen-bond donors (Lipinski definition) is 1. The monoisotopic (exact) mass is 205 g/mol. The number of pyridine rings is 1. The molecule has 1 N–H and O–H groups in total. The molecule has 0 amide bonds. The van der Waals surface area contributed by atoms with E-state index in [0.717, 1.165) is 29.9 Å². The van der Waals surface area contributed by atoms with Crippen LogP contribution in [0.25, 0.3) is 0 Å². The topological polar surface area (TPSA) is 33.1 Å². The van der Waals surface area contributed by atoms with E-state index >= 15 is 0 Å². The molecule has 0 aliphatic heterocycles. The fraction of sp³-hybridized carbons (Fsp3) is 0.615. The molecule has 2 nitrogen and oxygen atoms in total. The third-order valence-electron chi connectivity index (χ3n) is 3.58. The lowest BCUT2D eigenvalue weighted by Gasteiger charge is -2.19. The highest BCUT2D eigenvalue weighted by atomic mass is 16.3. The van der Waals surface area contributed by atoms with Crippen molar-refractivity contribution in [3.8, 4) is 0 Å². The average Bonchev–Trinajstić information content (AvgIpc) is 2.65. The Morgan fingerprint density at radius 2 is 2.27 bits per heavy atom. The summed E-state index contributed by atoms with van der Waals surface area (Å²) in [6.07, 6.45) is 6.82. The summed E-state index contributed by atoms with van der Waals surface area (Å²) in [5.41, 5.74) is 2.16. The normalized spacial score (nSPS) is 27.9. The molecule has 1 aliphatic carbocycles. The molecule has 1 saturated carbocycles. The highest BCUT2D eigenvalue weighted by Gasteiger charge is 2.29. The zero-order valence-electron chi connectivity index (χ0n) is 9.48. The summed E-state index contributed by atoms with van der Waals surface area (Å²) in [5.74, 6) is 1.20. The van der Waals surface area contributed by atoms with Crippen molar-refractivity contribution in [2.24, 2.45) is 11.8 Å². The van der Waals surface area contributed by atoms with Crippen molar-refractivity contribution in [1.29, 1.82) is 0 Å². The highest BCUT2D eigenvalue weighted by Crippen LogP contribution is 2.39. The fourth-order valence-electron chi connectivity index (χ4n) is 2.58. The lowest BCUT2D eigenvalue weighted by Crippen LogP contribution is -2.11. The first-order valence-electron chi connectivity index (χ1n) is 5.77. The summed E-state index contributed by atoms with van der Waals surface area (Å²) in [5, 5.41) is 10.3. The average molecular weight is 205 g/mol. The van der Waals surface area contributed by atoms with E-state index in [0.29, 0.717) is 5.92 Å². The highest BCUT2D eigenvalue weighted by molar-refractivity contribution is 5.24. The van der Waals surface area contributed by atoms with Gasteiger partial charge in [0.25, 0.3) is 0 Å². The van der Waals surface area contributed by atoms with Gasteiger partial charge in [0, 0.05) is 18.0 Å². The molecule has 1 aliphatic rings. The molecule has 1 aromatic heterocycles. The summed E-state index contributed by atoms with van der Waals surface area (Å²) < 4.78 is 0. The number of hydrogen-bond acceptors (Lipinski definition) is 2. The molecule has 0 aromatic carbocycles. The van der Waals surface area contributed by atoms with Crippen molar-refractivity contribution < 1.29 is 5.11 Å². The van der Waals surface area contributed by atoms with E-state index in [9.17, 15) is 5.11 Å². The lowest BCUT2D eigenvalue weighted by atomic mass is 9.92. The molecule has 2 rings (SSSR count). The second-order valence-electron chi connectivity index (χ2n) is 4.86. The van der Waals surface area contributed by atoms with Crippen LogP contribution in [-0.2, 0) is 0 Å². The molecule has 3 unspecified atom stereocenters. The first-order chi connectivity index (χ1) is 7.18. The van der Waals surface area contributed by atoms with Crippen LogP contribution in [0.5, 0.6) is 0 Å². The molecule has 0 spiro atoms. The number of aliphatic hydroxyl groups is 1. The van der Waals surface area contributed by atoms with Gasteiger partial charge in [-0.1, -0.05) is 13.3 Å². The van der Waals surface area contributed by atoms with Crippen molar-refractivity contribution in [1.82, 2.24) is 4.98 Å². The Balaban J connectivity index is 2.14. The number of nitrogens with zero attached hydrogens (tertiary/aromatic N) is 1. The lowest BCUT2D eigenvalue weighted by molar-refractivity contribution is 0.108. The largest absolute Gasteiger partial charge is 0.388 e. The van der Waals surface area contributed by atoms with Crippen LogP contribution in [0.2, 0.25) is 0 Å². The van der Waals surface area contributed by atoms with Gasteiger partial charge < -0.3 is 5.11 Å². The molecule has 82 valence electrons. The van der Waals surface area contributed by atoms with Crippen LogP contribution in [0.15, 0.2) is 18.5 Å². The smallest absolute Gasteiger partial charge is 0.0835 e. The maximum atomic E-state index is 10.3. The molecule has 3 atom stereocenters. The van der Waals surface area contributed by atoms with Crippen molar-refractivity contribution in [3.63, 3.8) is 0 Å². The Morgan fingerprint density at radius 1 is 1.47 bits per heavy atom. The second kappa shape index (κ2) is 4.31. The van der Waals surface area contributed by atoms with E-state index in [1.54, 1.807) is 6.20 Å². The summed E-state index contributed by atoms with van der Waals surface area (Å²) >= 11 is 0. The zero-order valence-corrected chi connectivity index (χ0v) is 9.48. The predicted molar refractivity (Wildman–Crippen MR) is 60.4 cm³/mol. The molecular weight excluding hydrogens is 186 g/mol. The van der Waals surface area contributed by atoms with Gasteiger partial charge in [-0.25, -0.2) is 0 Å². The number of aryl methyl sites for hydroxylation is 1. The molecular formula is C13H19NO. The van der Waals surface area contributed by atoms with E-state index in [4.69, 9.17) is 0 Å². The maximum absolute atomic E-state index is 10.3. The Hall–Kier alpha value is -0.890. The summed E-state index contributed by atoms with van der Waals surface area (Å²) in [6, 6.07) is 1.97. The van der Waals surface area contributed by atoms with Crippen LogP contribution in [0, 0.1) is 18.8 Å². The molecule has 1 fully saturated rings. The van der Waals surface area contributed by atoms with Crippen molar-refractivity contribution in [2.45, 2.75) is 39.2 Å². The molecule has 1 heterocycles. The van der Waals surface area contributed by atoms with Gasteiger partial charge in [0.2, 0.25) is 0 Å². The van der Waals surface area contributed by atoms with E-state index in [2.05, 4.69) is 11.9 Å². The summed E-state index contributed by atoms with van der Waals surface area (Å²) in [7, 11) is 0. The molecule has 0 saturated heterocycles. The van der Waals surface area contributed by atoms with Crippen LogP contribution < -0.4 is 0 Å². The number of aromatic nitrogens is 1. The van der Waals surface area contributed by atoms with Crippen LogP contribution >= 0.6 is 0 Å². The SMILES string of the molecule is Cc1ccncc1C(O)C1CCC(C)C1. The first-order valence-corrected chi connectivity index (χ1v) is 5.77. The van der Waals surface area contributed by atoms with Gasteiger partial charge >= 0.3 is 0 Å². The van der Waals surface area contributed by atoms with Gasteiger partial charge in [-0.2, -0.15) is 0 Å². The van der Waals surface area contributed by atoms with E-state index in [1.807, 2.05) is 19.2 Å². The van der Waals surface area contributed by atoms with Crippen LogP contribution in [0.3, 0.4) is 0 Å². The number of rotatable bonds is 2. The zero-order chi connectivity index (χ0) is 10.8. The van der Waals surface area contributed by atoms with Crippen LogP contribution in [0.1, 0.15) is 43.4 Å². The minimum absolute atomic E-state index is 0.316. The van der Waals surface area contributed by atoms with Crippen molar-refractivity contribution in [2.75, 3.05) is 0 Å². The van der Waals surface area contributed by atoms with Gasteiger partial charge in [0.05, 0.1) is 6.10 Å². The van der Waals surface area contributed by atoms with Crippen molar-refractivity contribution >= 4 is 0 Å². The Kier molecular flexibility index (Phi) is 3.06. The van der Waals surface area contributed by atoms with Crippen LogP contribution in [0.4, 0.5) is 0 Å². The van der Waals surface area contributed by atoms with Gasteiger partial charge in [-0.15, -0.1) is 0 Å². The van der Waals surface area contributed by atoms with Crippen LogP contribution in [-0.4, -0.2) is 10.1 Å². The molecule has 1 aromatic rings. The maximum Gasteiger partial charge on any atom is 0.0835 e. The van der Waals surface area contributed by atoms with Crippen molar-refractivity contribution in [3.05, 3.63) is 29.6 Å². The van der Waals surface area contributed by atoms with Gasteiger partial charge in [-0.05, 0) is 43.2 Å². The predicted octanol–water partition coefficient (Wildman–Crippen LogP) is 2.86. The minimum Gasteiger partial charge on any atom is -0.388 e. The standard InChI is InChI=1S/C13H19NO/c1-9-3-4-11(7-9)13(15)12-8-14-6-5-10(12)2/h5-6,8-9,11,13,15H,3-4,7H2,1-2H3. The van der Waals surface area contributed by atoms with E-state index < -0.39 is 0 Å².